The highest BCUT2D eigenvalue weighted by Gasteiger charge is 2.28. The molecule has 1 N–H and O–H groups in total. The molecule has 1 aromatic heterocycles. The fourth-order valence-electron chi connectivity index (χ4n) is 2.82. The van der Waals surface area contributed by atoms with Crippen LogP contribution < -0.4 is 4.74 Å². The highest BCUT2D eigenvalue weighted by atomic mass is 35.5. The highest BCUT2D eigenvalue weighted by molar-refractivity contribution is 6.30. The van der Waals surface area contributed by atoms with Gasteiger partial charge in [0.25, 0.3) is 0 Å². The van der Waals surface area contributed by atoms with E-state index >= 15 is 0 Å². The van der Waals surface area contributed by atoms with Crippen molar-refractivity contribution in [3.63, 3.8) is 0 Å². The summed E-state index contributed by atoms with van der Waals surface area (Å²) in [6.07, 6.45) is -1.92. The fraction of sp³-hybridized carbons (Fsp3) is 0.350. The van der Waals surface area contributed by atoms with Crippen molar-refractivity contribution in [2.45, 2.75) is 46.8 Å². The van der Waals surface area contributed by atoms with Crippen molar-refractivity contribution in [1.29, 1.82) is 0 Å². The predicted octanol–water partition coefficient (Wildman–Crippen LogP) is 4.07. The molecule has 0 aliphatic rings. The molecular weight excluding hydrogens is 370 g/mol. The van der Waals surface area contributed by atoms with Gasteiger partial charge < -0.3 is 14.5 Å². The molecule has 6 nitrogen and oxygen atoms in total. The molecule has 0 saturated carbocycles. The number of benzene rings is 1. The minimum atomic E-state index is -1.02. The molecule has 0 aliphatic heterocycles. The number of carbonyl (C=O) groups is 3. The van der Waals surface area contributed by atoms with Crippen molar-refractivity contribution in [2.75, 3.05) is 0 Å². The summed E-state index contributed by atoms with van der Waals surface area (Å²) in [5.74, 6) is -0.742. The van der Waals surface area contributed by atoms with Crippen LogP contribution in [0, 0.1) is 13.8 Å². The topological polar surface area (TPSA) is 85.5 Å². The maximum absolute atomic E-state index is 12.6. The molecule has 0 spiro atoms. The van der Waals surface area contributed by atoms with Gasteiger partial charge in [-0.1, -0.05) is 11.6 Å². The molecule has 0 amide bonds. The van der Waals surface area contributed by atoms with Crippen molar-refractivity contribution in [3.8, 4) is 5.75 Å². The molecule has 144 valence electrons. The van der Waals surface area contributed by atoms with E-state index in [1.807, 2.05) is 0 Å². The number of aryl methyl sites for hydroxylation is 1. The van der Waals surface area contributed by atoms with E-state index in [-0.39, 0.29) is 11.5 Å². The van der Waals surface area contributed by atoms with Crippen LogP contribution in [0.4, 0.5) is 0 Å². The minimum Gasteiger partial charge on any atom is -0.479 e. The number of aromatic nitrogens is 1. The molecule has 0 bridgehead atoms. The Morgan fingerprint density at radius 1 is 1.04 bits per heavy atom. The first-order valence-corrected chi connectivity index (χ1v) is 8.86. The van der Waals surface area contributed by atoms with Crippen LogP contribution in [0.3, 0.4) is 0 Å². The summed E-state index contributed by atoms with van der Waals surface area (Å²) in [5, 5.41) is 0.554. The van der Waals surface area contributed by atoms with E-state index in [1.165, 1.54) is 20.8 Å². The Morgan fingerprint density at radius 2 is 1.63 bits per heavy atom. The Bertz CT molecular complexity index is 869. The molecule has 0 unspecified atom stereocenters. The van der Waals surface area contributed by atoms with Gasteiger partial charge in [0.15, 0.2) is 18.0 Å². The Labute approximate surface area is 162 Å². The summed E-state index contributed by atoms with van der Waals surface area (Å²) >= 11 is 5.81. The van der Waals surface area contributed by atoms with Crippen molar-refractivity contribution >= 4 is 29.1 Å². The number of esters is 1. The van der Waals surface area contributed by atoms with Gasteiger partial charge in [-0.15, -0.1) is 0 Å². The van der Waals surface area contributed by atoms with Crippen LogP contribution in [-0.4, -0.2) is 34.7 Å². The Balaban J connectivity index is 2.05. The summed E-state index contributed by atoms with van der Waals surface area (Å²) in [4.78, 5) is 39.5. The molecule has 1 aromatic carbocycles. The number of rotatable bonds is 7. The van der Waals surface area contributed by atoms with Gasteiger partial charge in [0.2, 0.25) is 5.78 Å². The van der Waals surface area contributed by atoms with E-state index in [4.69, 9.17) is 21.1 Å². The van der Waals surface area contributed by atoms with Crippen molar-refractivity contribution in [3.05, 3.63) is 51.8 Å². The molecule has 0 saturated heterocycles. The third kappa shape index (κ3) is 4.77. The zero-order valence-electron chi connectivity index (χ0n) is 15.9. The summed E-state index contributed by atoms with van der Waals surface area (Å²) in [6.45, 7) is 7.87. The summed E-state index contributed by atoms with van der Waals surface area (Å²) in [5.41, 5.74) is 1.92. The lowest BCUT2D eigenvalue weighted by atomic mass is 10.0. The van der Waals surface area contributed by atoms with Gasteiger partial charge in [-0.3, -0.25) is 9.59 Å². The number of Topliss-reactive ketones (excluding diaryl/α,β-unsaturated/α-hetero) is 2. The number of hydrogen-bond donors (Lipinski definition) is 1. The van der Waals surface area contributed by atoms with Gasteiger partial charge in [-0.25, -0.2) is 4.79 Å². The average molecular weight is 392 g/mol. The van der Waals surface area contributed by atoms with E-state index < -0.39 is 24.0 Å². The van der Waals surface area contributed by atoms with Gasteiger partial charge in [0, 0.05) is 16.3 Å². The summed E-state index contributed by atoms with van der Waals surface area (Å²) < 4.78 is 10.7. The third-order valence-corrected chi connectivity index (χ3v) is 4.41. The lowest BCUT2D eigenvalue weighted by Gasteiger charge is -2.17. The maximum Gasteiger partial charge on any atom is 0.347 e. The summed E-state index contributed by atoms with van der Waals surface area (Å²) in [7, 11) is 0. The number of halogens is 1. The molecular formula is C20H22ClNO5. The average Bonchev–Trinajstić information content (AvgIpc) is 2.90. The van der Waals surface area contributed by atoms with Crippen LogP contribution in [0.15, 0.2) is 24.3 Å². The van der Waals surface area contributed by atoms with Crippen molar-refractivity contribution < 1.29 is 23.9 Å². The molecule has 2 rings (SSSR count). The normalized spacial score (nSPS) is 13.0. The Morgan fingerprint density at radius 3 is 2.15 bits per heavy atom. The zero-order chi connectivity index (χ0) is 20.3. The summed E-state index contributed by atoms with van der Waals surface area (Å²) in [6, 6.07) is 6.55. The van der Waals surface area contributed by atoms with Crippen LogP contribution >= 0.6 is 11.6 Å². The number of aromatic amines is 1. The first-order chi connectivity index (χ1) is 12.6. The number of ketones is 2. The first kappa shape index (κ1) is 20.7. The molecule has 0 radical (unpaired) electrons. The van der Waals surface area contributed by atoms with E-state index in [0.717, 1.165) is 0 Å². The Hall–Kier alpha value is -2.60. The minimum absolute atomic E-state index is 0.130. The molecule has 7 heteroatoms. The van der Waals surface area contributed by atoms with Crippen LogP contribution in [0.1, 0.15) is 52.9 Å². The van der Waals surface area contributed by atoms with Gasteiger partial charge >= 0.3 is 5.97 Å². The molecule has 0 aliphatic carbocycles. The van der Waals surface area contributed by atoms with E-state index in [2.05, 4.69) is 4.98 Å². The smallest absolute Gasteiger partial charge is 0.347 e. The second-order valence-electron chi connectivity index (χ2n) is 6.34. The van der Waals surface area contributed by atoms with Gasteiger partial charge in [-0.2, -0.15) is 0 Å². The van der Waals surface area contributed by atoms with Gasteiger partial charge in [0.1, 0.15) is 5.75 Å². The predicted molar refractivity (Wildman–Crippen MR) is 102 cm³/mol. The van der Waals surface area contributed by atoms with Crippen LogP contribution in [0.5, 0.6) is 5.75 Å². The maximum atomic E-state index is 12.6. The van der Waals surface area contributed by atoms with Gasteiger partial charge in [-0.05, 0) is 64.4 Å². The standard InChI is InChI=1S/C20H22ClNO5/c1-10-17(12(3)23)11(2)22-18(10)19(24)13(4)27-20(25)14(5)26-16-8-6-15(21)7-9-16/h6-9,13-14,22H,1-5H3/t13-,14+/m1/s1. The lowest BCUT2D eigenvalue weighted by Crippen LogP contribution is -2.33. The molecule has 2 aromatic rings. The van der Waals surface area contributed by atoms with E-state index in [9.17, 15) is 14.4 Å². The molecule has 1 heterocycles. The van der Waals surface area contributed by atoms with Gasteiger partial charge in [0.05, 0.1) is 5.69 Å². The zero-order valence-corrected chi connectivity index (χ0v) is 16.6. The number of carbonyl (C=O) groups excluding carboxylic acids is 3. The fourth-order valence-corrected chi connectivity index (χ4v) is 2.94. The van der Waals surface area contributed by atoms with Crippen molar-refractivity contribution in [1.82, 2.24) is 4.98 Å². The monoisotopic (exact) mass is 391 g/mol. The second-order valence-corrected chi connectivity index (χ2v) is 6.77. The van der Waals surface area contributed by atoms with Crippen molar-refractivity contribution in [2.24, 2.45) is 0 Å². The van der Waals surface area contributed by atoms with Crippen LogP contribution in [0.2, 0.25) is 5.02 Å². The van der Waals surface area contributed by atoms with Crippen LogP contribution in [0.25, 0.3) is 0 Å². The highest BCUT2D eigenvalue weighted by Crippen LogP contribution is 2.21. The number of ether oxygens (including phenoxy) is 2. The third-order valence-electron chi connectivity index (χ3n) is 4.16. The quantitative estimate of drug-likeness (QED) is 0.568. The SMILES string of the molecule is CC(=O)c1c(C)[nH]c(C(=O)[C@@H](C)OC(=O)[C@H](C)Oc2ccc(Cl)cc2)c1C. The molecule has 0 fully saturated rings. The molecule has 2 atom stereocenters. The number of H-pyrrole nitrogens is 1. The van der Waals surface area contributed by atoms with Crippen LogP contribution in [-0.2, 0) is 9.53 Å². The van der Waals surface area contributed by atoms with E-state index in [1.54, 1.807) is 38.1 Å². The number of hydrogen-bond acceptors (Lipinski definition) is 5. The second kappa shape index (κ2) is 8.39. The first-order valence-electron chi connectivity index (χ1n) is 8.48. The number of nitrogens with one attached hydrogen (secondary N) is 1. The van der Waals surface area contributed by atoms with E-state index in [0.29, 0.717) is 27.6 Å². The lowest BCUT2D eigenvalue weighted by molar-refractivity contribution is -0.153. The molecule has 27 heavy (non-hydrogen) atoms. The Kier molecular flexibility index (Phi) is 6.44. The largest absolute Gasteiger partial charge is 0.479 e.